The van der Waals surface area contributed by atoms with E-state index in [1.165, 1.54) is 12.7 Å². The summed E-state index contributed by atoms with van der Waals surface area (Å²) < 4.78 is 22.9. The van der Waals surface area contributed by atoms with Gasteiger partial charge in [0.2, 0.25) is 5.95 Å². The zero-order valence-electron chi connectivity index (χ0n) is 20.1. The highest BCUT2D eigenvalue weighted by molar-refractivity contribution is 5.87. The summed E-state index contributed by atoms with van der Waals surface area (Å²) >= 11 is 0. The smallest absolute Gasteiger partial charge is 0.225 e. The van der Waals surface area contributed by atoms with E-state index in [0.29, 0.717) is 52.1 Å². The molecule has 0 aliphatic heterocycles. The standard InChI is InChI=1S/C24H24FN9O2/c1-14-18(36-15-7-8-34-19(9-15)28-13-30-34)6-5-16(20(14)25)31-22-21-17(27-12-29-22)10-26-23(32-21)33(4)11-24(2,3)35/h5-10,12-13,35H,11H2,1-4H3,(H,27,29,31). The summed E-state index contributed by atoms with van der Waals surface area (Å²) in [4.78, 5) is 23.2. The Morgan fingerprint density at radius 2 is 1.97 bits per heavy atom. The number of hydrogen-bond acceptors (Lipinski definition) is 10. The second-order valence-electron chi connectivity index (χ2n) is 9.00. The second-order valence-corrected chi connectivity index (χ2v) is 9.00. The SMILES string of the molecule is Cc1c(Oc2ccn3ncnc3c2)ccc(Nc2ncnc3cnc(N(C)CC(C)(C)O)nc23)c1F. The second kappa shape index (κ2) is 8.96. The molecule has 0 bridgehead atoms. The van der Waals surface area contributed by atoms with E-state index in [-0.39, 0.29) is 5.69 Å². The molecular formula is C24H24FN9O2. The van der Waals surface area contributed by atoms with Gasteiger partial charge in [0, 0.05) is 31.4 Å². The molecule has 4 heterocycles. The number of ether oxygens (including phenoxy) is 1. The number of aromatic nitrogens is 7. The number of rotatable bonds is 7. The third-order valence-electron chi connectivity index (χ3n) is 5.40. The predicted octanol–water partition coefficient (Wildman–Crippen LogP) is 3.65. The summed E-state index contributed by atoms with van der Waals surface area (Å²) in [6.45, 7) is 5.35. The first kappa shape index (κ1) is 23.3. The maximum Gasteiger partial charge on any atom is 0.225 e. The van der Waals surface area contributed by atoms with Crippen LogP contribution in [0.1, 0.15) is 19.4 Å². The van der Waals surface area contributed by atoms with E-state index in [2.05, 4.69) is 35.3 Å². The number of halogens is 1. The summed E-state index contributed by atoms with van der Waals surface area (Å²) in [6.07, 6.45) is 6.09. The van der Waals surface area contributed by atoms with Crippen LogP contribution in [0.3, 0.4) is 0 Å². The number of aliphatic hydroxyl groups is 1. The van der Waals surface area contributed by atoms with Crippen molar-refractivity contribution in [3.63, 3.8) is 0 Å². The van der Waals surface area contributed by atoms with E-state index >= 15 is 4.39 Å². The van der Waals surface area contributed by atoms with Crippen LogP contribution in [0.2, 0.25) is 0 Å². The van der Waals surface area contributed by atoms with Crippen molar-refractivity contribution in [3.8, 4) is 11.5 Å². The van der Waals surface area contributed by atoms with E-state index in [9.17, 15) is 5.11 Å². The Hall–Kier alpha value is -4.45. The molecule has 0 aliphatic rings. The Morgan fingerprint density at radius 1 is 1.14 bits per heavy atom. The molecule has 0 spiro atoms. The Morgan fingerprint density at radius 3 is 2.78 bits per heavy atom. The largest absolute Gasteiger partial charge is 0.457 e. The van der Waals surface area contributed by atoms with Crippen LogP contribution in [0.25, 0.3) is 16.7 Å². The van der Waals surface area contributed by atoms with Crippen molar-refractivity contribution in [1.29, 1.82) is 0 Å². The fourth-order valence-electron chi connectivity index (χ4n) is 3.76. The molecule has 0 unspecified atom stereocenters. The molecule has 1 aromatic carbocycles. The van der Waals surface area contributed by atoms with Gasteiger partial charge in [-0.05, 0) is 39.0 Å². The van der Waals surface area contributed by atoms with Crippen molar-refractivity contribution < 1.29 is 14.2 Å². The van der Waals surface area contributed by atoms with Gasteiger partial charge in [0.25, 0.3) is 0 Å². The Balaban J connectivity index is 1.43. The van der Waals surface area contributed by atoms with Gasteiger partial charge in [0.05, 0.1) is 17.5 Å². The van der Waals surface area contributed by atoms with Gasteiger partial charge >= 0.3 is 0 Å². The van der Waals surface area contributed by atoms with E-state index in [4.69, 9.17) is 4.74 Å². The van der Waals surface area contributed by atoms with Crippen LogP contribution >= 0.6 is 0 Å². The minimum atomic E-state index is -0.938. The number of nitrogens with zero attached hydrogens (tertiary/aromatic N) is 8. The molecule has 0 fully saturated rings. The molecule has 184 valence electrons. The minimum absolute atomic E-state index is 0.206. The Kier molecular flexibility index (Phi) is 5.80. The molecule has 11 nitrogen and oxygen atoms in total. The number of fused-ring (bicyclic) bond motifs is 2. The summed E-state index contributed by atoms with van der Waals surface area (Å²) in [7, 11) is 1.78. The zero-order chi connectivity index (χ0) is 25.4. The van der Waals surface area contributed by atoms with Crippen LogP contribution < -0.4 is 15.0 Å². The molecule has 0 saturated heterocycles. The lowest BCUT2D eigenvalue weighted by molar-refractivity contribution is 0.0883. The first-order chi connectivity index (χ1) is 17.2. The zero-order valence-corrected chi connectivity index (χ0v) is 20.1. The molecule has 36 heavy (non-hydrogen) atoms. The lowest BCUT2D eigenvalue weighted by Crippen LogP contribution is -2.37. The van der Waals surface area contributed by atoms with Crippen LogP contribution in [-0.2, 0) is 0 Å². The highest BCUT2D eigenvalue weighted by Crippen LogP contribution is 2.33. The molecule has 2 N–H and O–H groups in total. The number of pyridine rings is 1. The number of nitrogens with one attached hydrogen (secondary N) is 1. The van der Waals surface area contributed by atoms with E-state index in [1.54, 1.807) is 73.9 Å². The van der Waals surface area contributed by atoms with Crippen molar-refractivity contribution in [3.05, 3.63) is 60.7 Å². The summed E-state index contributed by atoms with van der Waals surface area (Å²) in [5.41, 5.74) is 1.12. The number of likely N-dealkylation sites (N-methyl/N-ethyl adjacent to an activating group) is 1. The number of benzene rings is 1. The molecule has 0 aliphatic carbocycles. The fourth-order valence-corrected chi connectivity index (χ4v) is 3.76. The molecule has 0 radical (unpaired) electrons. The number of anilines is 3. The number of hydrogen-bond donors (Lipinski definition) is 2. The Bertz CT molecular complexity index is 1570. The Labute approximate surface area is 205 Å². The quantitative estimate of drug-likeness (QED) is 0.350. The predicted molar refractivity (Wildman–Crippen MR) is 132 cm³/mol. The lowest BCUT2D eigenvalue weighted by Gasteiger charge is -2.25. The molecule has 5 rings (SSSR count). The van der Waals surface area contributed by atoms with E-state index < -0.39 is 11.4 Å². The van der Waals surface area contributed by atoms with Crippen molar-refractivity contribution in [1.82, 2.24) is 34.5 Å². The third-order valence-corrected chi connectivity index (χ3v) is 5.40. The summed E-state index contributed by atoms with van der Waals surface area (Å²) in [5.74, 6) is 1.10. The van der Waals surface area contributed by atoms with Crippen molar-refractivity contribution in [2.24, 2.45) is 0 Å². The molecule has 5 aromatic rings. The van der Waals surface area contributed by atoms with Gasteiger partial charge in [-0.25, -0.2) is 33.8 Å². The average Bonchev–Trinajstić information content (AvgIpc) is 3.30. The average molecular weight is 490 g/mol. The molecule has 0 atom stereocenters. The maximum absolute atomic E-state index is 15.4. The molecule has 0 saturated carbocycles. The molecule has 4 aromatic heterocycles. The van der Waals surface area contributed by atoms with Crippen LogP contribution in [0.4, 0.5) is 21.8 Å². The van der Waals surface area contributed by atoms with Gasteiger partial charge in [-0.3, -0.25) is 0 Å². The highest BCUT2D eigenvalue weighted by Gasteiger charge is 2.19. The molecule has 0 amide bonds. The van der Waals surface area contributed by atoms with E-state index in [0.717, 1.165) is 0 Å². The monoisotopic (exact) mass is 489 g/mol. The van der Waals surface area contributed by atoms with Crippen LogP contribution in [-0.4, -0.2) is 58.8 Å². The van der Waals surface area contributed by atoms with Crippen LogP contribution in [0, 0.1) is 12.7 Å². The molecule has 12 heteroatoms. The normalized spacial score (nSPS) is 11.7. The first-order valence-corrected chi connectivity index (χ1v) is 11.1. The summed E-state index contributed by atoms with van der Waals surface area (Å²) in [6, 6.07) is 6.69. The lowest BCUT2D eigenvalue weighted by atomic mass is 10.1. The van der Waals surface area contributed by atoms with Gasteiger partial charge in [0.1, 0.15) is 35.2 Å². The van der Waals surface area contributed by atoms with Crippen molar-refractivity contribution in [2.45, 2.75) is 26.4 Å². The van der Waals surface area contributed by atoms with Crippen LogP contribution in [0.5, 0.6) is 11.5 Å². The van der Waals surface area contributed by atoms with Crippen LogP contribution in [0.15, 0.2) is 49.3 Å². The third kappa shape index (κ3) is 4.70. The fraction of sp³-hybridized carbons (Fsp3) is 0.250. The highest BCUT2D eigenvalue weighted by atomic mass is 19.1. The maximum atomic E-state index is 15.4. The van der Waals surface area contributed by atoms with Gasteiger partial charge < -0.3 is 20.1 Å². The van der Waals surface area contributed by atoms with Gasteiger partial charge in [0.15, 0.2) is 17.3 Å². The minimum Gasteiger partial charge on any atom is -0.457 e. The van der Waals surface area contributed by atoms with Gasteiger partial charge in [-0.15, -0.1) is 0 Å². The van der Waals surface area contributed by atoms with Crippen molar-refractivity contribution >= 4 is 34.1 Å². The topological polar surface area (TPSA) is 126 Å². The van der Waals surface area contributed by atoms with Crippen molar-refractivity contribution in [2.75, 3.05) is 23.8 Å². The summed E-state index contributed by atoms with van der Waals surface area (Å²) in [5, 5.41) is 17.2. The van der Waals surface area contributed by atoms with Gasteiger partial charge in [-0.2, -0.15) is 5.10 Å². The first-order valence-electron chi connectivity index (χ1n) is 11.1. The van der Waals surface area contributed by atoms with Gasteiger partial charge in [-0.1, -0.05) is 0 Å². The molecular weight excluding hydrogens is 465 g/mol. The van der Waals surface area contributed by atoms with E-state index in [1.807, 2.05) is 0 Å².